The molecule has 6 rings (SSSR count). The van der Waals surface area contributed by atoms with Gasteiger partial charge in [-0.2, -0.15) is 0 Å². The summed E-state index contributed by atoms with van der Waals surface area (Å²) in [5.41, 5.74) is 3.78. The molecule has 1 aromatic heterocycles. The number of fused-ring (bicyclic) bond motifs is 6. The second-order valence-electron chi connectivity index (χ2n) is 7.19. The zero-order valence-corrected chi connectivity index (χ0v) is 15.1. The maximum absolute atomic E-state index is 6.15. The van der Waals surface area contributed by atoms with Crippen molar-refractivity contribution in [3.05, 3.63) is 97.1 Å². The van der Waals surface area contributed by atoms with Crippen LogP contribution in [0.3, 0.4) is 0 Å². The molecule has 5 aromatic carbocycles. The summed E-state index contributed by atoms with van der Waals surface area (Å²) in [4.78, 5) is 3.62. The predicted octanol–water partition coefficient (Wildman–Crippen LogP) is 7.50. The van der Waals surface area contributed by atoms with Gasteiger partial charge in [-0.1, -0.05) is 54.6 Å². The molecule has 1 N–H and O–H groups in total. The Balaban J connectivity index is 1.98. The molecule has 0 radical (unpaired) electrons. The van der Waals surface area contributed by atoms with Gasteiger partial charge in [0.05, 0.1) is 0 Å². The van der Waals surface area contributed by atoms with Crippen LogP contribution in [0.2, 0.25) is 0 Å². The lowest BCUT2D eigenvalue weighted by Gasteiger charge is -2.05. The highest BCUT2D eigenvalue weighted by molar-refractivity contribution is 6.14. The Morgan fingerprint density at radius 1 is 0.500 bits per heavy atom. The smallest absolute Gasteiger partial charge is 0.129 e. The molecule has 0 unspecified atom stereocenters. The minimum Gasteiger partial charge on any atom is -0.457 e. The molecule has 132 valence electrons. The van der Waals surface area contributed by atoms with Crippen molar-refractivity contribution >= 4 is 54.5 Å². The minimum absolute atomic E-state index is 0.825. The Bertz CT molecular complexity index is 1570. The van der Waals surface area contributed by atoms with Crippen molar-refractivity contribution in [1.82, 2.24) is 4.98 Å². The quantitative estimate of drug-likeness (QED) is 0.299. The highest BCUT2D eigenvalue weighted by Crippen LogP contribution is 2.30. The van der Waals surface area contributed by atoms with E-state index in [1.165, 1.54) is 32.3 Å². The number of H-pyrrole nitrogens is 1. The topological polar surface area (TPSA) is 28.9 Å². The normalized spacial score (nSPS) is 11.6. The largest absolute Gasteiger partial charge is 0.457 e. The standard InChI is InChI=1S/C26H17NO/c1-2-6-19-14-26-25(13-18(19)5-1)23-10-3-7-17-11-12-22(16-24(17)23)28-21-9-4-8-20(15-21)27-26/h1-16,27H. The van der Waals surface area contributed by atoms with Gasteiger partial charge < -0.3 is 9.40 Å². The fourth-order valence-corrected chi connectivity index (χ4v) is 4.05. The molecule has 2 heteroatoms. The van der Waals surface area contributed by atoms with Crippen molar-refractivity contribution in [2.24, 2.45) is 0 Å². The average Bonchev–Trinajstić information content (AvgIpc) is 2.74. The number of rotatable bonds is 0. The van der Waals surface area contributed by atoms with Gasteiger partial charge in [0.1, 0.15) is 11.2 Å². The van der Waals surface area contributed by atoms with E-state index < -0.39 is 0 Å². The first kappa shape index (κ1) is 15.3. The zero-order chi connectivity index (χ0) is 18.5. The van der Waals surface area contributed by atoms with Crippen molar-refractivity contribution in [3.63, 3.8) is 0 Å². The molecule has 6 aromatic rings. The molecule has 0 atom stereocenters. The summed E-state index contributed by atoms with van der Waals surface area (Å²) < 4.78 is 6.15. The van der Waals surface area contributed by atoms with Gasteiger partial charge in [-0.3, -0.25) is 0 Å². The molecular weight excluding hydrogens is 342 g/mol. The number of hydrogen-bond acceptors (Lipinski definition) is 1. The van der Waals surface area contributed by atoms with Gasteiger partial charge in [-0.15, -0.1) is 0 Å². The van der Waals surface area contributed by atoms with Crippen LogP contribution in [0.15, 0.2) is 101 Å². The van der Waals surface area contributed by atoms with Gasteiger partial charge in [-0.25, -0.2) is 0 Å². The van der Waals surface area contributed by atoms with Crippen LogP contribution in [0.1, 0.15) is 0 Å². The van der Waals surface area contributed by atoms with Crippen molar-refractivity contribution in [1.29, 1.82) is 0 Å². The molecule has 0 aliphatic rings. The average molecular weight is 359 g/mol. The summed E-state index contributed by atoms with van der Waals surface area (Å²) in [6, 6.07) is 33.9. The lowest BCUT2D eigenvalue weighted by Crippen LogP contribution is -1.81. The SMILES string of the molecule is c1cc2cc(c1)oc1ccc3cccc(c3c1)c1cc3ccccc3cc1[nH]2. The van der Waals surface area contributed by atoms with Crippen LogP contribution in [-0.2, 0) is 0 Å². The first-order valence-corrected chi connectivity index (χ1v) is 9.44. The molecule has 0 fully saturated rings. The van der Waals surface area contributed by atoms with Crippen LogP contribution >= 0.6 is 0 Å². The Morgan fingerprint density at radius 2 is 1.29 bits per heavy atom. The van der Waals surface area contributed by atoms with Crippen LogP contribution in [-0.4, -0.2) is 4.98 Å². The molecule has 1 heterocycles. The molecule has 0 spiro atoms. The minimum atomic E-state index is 0.825. The first-order chi connectivity index (χ1) is 13.8. The van der Waals surface area contributed by atoms with E-state index in [2.05, 4.69) is 77.8 Å². The fourth-order valence-electron chi connectivity index (χ4n) is 4.05. The van der Waals surface area contributed by atoms with E-state index in [1.807, 2.05) is 24.3 Å². The van der Waals surface area contributed by atoms with E-state index in [-0.39, 0.29) is 0 Å². The zero-order valence-electron chi connectivity index (χ0n) is 15.1. The maximum atomic E-state index is 6.15. The van der Waals surface area contributed by atoms with Crippen LogP contribution < -0.4 is 0 Å². The summed E-state index contributed by atoms with van der Waals surface area (Å²) in [5, 5.41) is 7.23. The number of benzene rings is 5. The summed E-state index contributed by atoms with van der Waals surface area (Å²) in [6.07, 6.45) is 0. The molecule has 0 saturated heterocycles. The van der Waals surface area contributed by atoms with Gasteiger partial charge in [-0.05, 0) is 63.3 Å². The Hall–Kier alpha value is -3.78. The molecule has 0 saturated carbocycles. The van der Waals surface area contributed by atoms with Gasteiger partial charge >= 0.3 is 0 Å². The molecule has 4 bridgehead atoms. The predicted molar refractivity (Wildman–Crippen MR) is 118 cm³/mol. The third-order valence-electron chi connectivity index (χ3n) is 5.38. The van der Waals surface area contributed by atoms with Gasteiger partial charge in [0, 0.05) is 22.5 Å². The third-order valence-corrected chi connectivity index (χ3v) is 5.38. The second-order valence-corrected chi connectivity index (χ2v) is 7.19. The number of aromatic nitrogens is 1. The van der Waals surface area contributed by atoms with Gasteiger partial charge in [0.25, 0.3) is 0 Å². The summed E-state index contributed by atoms with van der Waals surface area (Å²) in [5.74, 6) is 0. The monoisotopic (exact) mass is 359 g/mol. The molecule has 0 aliphatic carbocycles. The molecule has 0 amide bonds. The molecule has 0 aliphatic heterocycles. The highest BCUT2D eigenvalue weighted by Gasteiger charge is 2.04. The van der Waals surface area contributed by atoms with Crippen molar-refractivity contribution < 1.29 is 4.42 Å². The summed E-state index contributed by atoms with van der Waals surface area (Å²) in [7, 11) is 0. The van der Waals surface area contributed by atoms with Crippen molar-refractivity contribution in [3.8, 4) is 0 Å². The maximum Gasteiger partial charge on any atom is 0.129 e. The van der Waals surface area contributed by atoms with Crippen LogP contribution in [0, 0.1) is 0 Å². The van der Waals surface area contributed by atoms with E-state index >= 15 is 0 Å². The molecule has 28 heavy (non-hydrogen) atoms. The second kappa shape index (κ2) is 5.86. The number of nitrogens with one attached hydrogen (secondary N) is 1. The lowest BCUT2D eigenvalue weighted by molar-refractivity contribution is 0.656. The number of hydrogen-bond donors (Lipinski definition) is 1. The van der Waals surface area contributed by atoms with Crippen LogP contribution in [0.25, 0.3) is 54.5 Å². The fraction of sp³-hybridized carbons (Fsp3) is 0. The van der Waals surface area contributed by atoms with Gasteiger partial charge in [0.2, 0.25) is 0 Å². The number of aromatic amines is 1. The van der Waals surface area contributed by atoms with Crippen LogP contribution in [0.5, 0.6) is 0 Å². The summed E-state index contributed by atoms with van der Waals surface area (Å²) in [6.45, 7) is 0. The molecule has 2 nitrogen and oxygen atoms in total. The third kappa shape index (κ3) is 2.43. The Kier molecular flexibility index (Phi) is 3.20. The van der Waals surface area contributed by atoms with Crippen molar-refractivity contribution in [2.75, 3.05) is 0 Å². The Labute approximate surface area is 161 Å². The summed E-state index contributed by atoms with van der Waals surface area (Å²) >= 11 is 0. The first-order valence-electron chi connectivity index (χ1n) is 9.44. The highest BCUT2D eigenvalue weighted by atomic mass is 16.3. The van der Waals surface area contributed by atoms with Crippen LogP contribution in [0.4, 0.5) is 0 Å². The van der Waals surface area contributed by atoms with E-state index in [0.717, 1.165) is 22.2 Å². The van der Waals surface area contributed by atoms with E-state index in [4.69, 9.17) is 4.42 Å². The van der Waals surface area contributed by atoms with E-state index in [9.17, 15) is 0 Å². The van der Waals surface area contributed by atoms with Crippen molar-refractivity contribution in [2.45, 2.75) is 0 Å². The van der Waals surface area contributed by atoms with E-state index in [0.29, 0.717) is 0 Å². The van der Waals surface area contributed by atoms with Gasteiger partial charge in [0.15, 0.2) is 0 Å². The van der Waals surface area contributed by atoms with E-state index in [1.54, 1.807) is 0 Å². The Morgan fingerprint density at radius 3 is 2.21 bits per heavy atom. The molecular formula is C26H17NO. The lowest BCUT2D eigenvalue weighted by atomic mass is 10.0.